The van der Waals surface area contributed by atoms with Gasteiger partial charge in [0.25, 0.3) is 0 Å². The van der Waals surface area contributed by atoms with Crippen molar-refractivity contribution < 1.29 is 14.3 Å². The van der Waals surface area contributed by atoms with Crippen molar-refractivity contribution in [3.63, 3.8) is 0 Å². The Morgan fingerprint density at radius 2 is 1.96 bits per heavy atom. The Bertz CT molecular complexity index is 731. The van der Waals surface area contributed by atoms with E-state index in [0.717, 1.165) is 18.6 Å². The molecule has 1 aromatic carbocycles. The van der Waals surface area contributed by atoms with E-state index in [9.17, 15) is 4.79 Å². The zero-order chi connectivity index (χ0) is 17.9. The predicted octanol–water partition coefficient (Wildman–Crippen LogP) is 3.34. The number of hydrogen-bond acceptors (Lipinski definition) is 5. The van der Waals surface area contributed by atoms with Gasteiger partial charge >= 0.3 is 0 Å². The van der Waals surface area contributed by atoms with E-state index in [1.165, 1.54) is 0 Å². The van der Waals surface area contributed by atoms with Crippen molar-refractivity contribution in [3.05, 3.63) is 42.6 Å². The monoisotopic (exact) mass is 341 g/mol. The molecule has 1 saturated carbocycles. The first-order chi connectivity index (χ1) is 12.0. The smallest absolute Gasteiger partial charge is 0.244 e. The molecule has 132 valence electrons. The van der Waals surface area contributed by atoms with Gasteiger partial charge in [0.15, 0.2) is 0 Å². The van der Waals surface area contributed by atoms with E-state index >= 15 is 0 Å². The van der Waals surface area contributed by atoms with E-state index < -0.39 is 5.54 Å². The van der Waals surface area contributed by atoms with Crippen LogP contribution in [0.4, 0.5) is 5.69 Å². The molecular formula is C19H23N3O3. The average Bonchev–Trinajstić information content (AvgIpc) is 2.97. The lowest BCUT2D eigenvalue weighted by molar-refractivity contribution is -0.122. The zero-order valence-electron chi connectivity index (χ0n) is 14.5. The Balaban J connectivity index is 1.62. The number of ether oxygens (including phenoxy) is 2. The van der Waals surface area contributed by atoms with Gasteiger partial charge in [-0.3, -0.25) is 4.79 Å². The van der Waals surface area contributed by atoms with Crippen molar-refractivity contribution in [1.82, 2.24) is 4.98 Å². The molecule has 1 aliphatic rings. The van der Waals surface area contributed by atoms with E-state index in [1.54, 1.807) is 37.6 Å². The zero-order valence-corrected chi connectivity index (χ0v) is 14.5. The maximum Gasteiger partial charge on any atom is 0.244 e. The second kappa shape index (κ2) is 7.11. The molecule has 6 nitrogen and oxygen atoms in total. The highest BCUT2D eigenvalue weighted by Crippen LogP contribution is 2.34. The summed E-state index contributed by atoms with van der Waals surface area (Å²) in [7, 11) is 1.61. The number of pyridine rings is 1. The fourth-order valence-electron chi connectivity index (χ4n) is 3.07. The second-order valence-electron chi connectivity index (χ2n) is 6.45. The van der Waals surface area contributed by atoms with Crippen LogP contribution in [0.3, 0.4) is 0 Å². The number of benzene rings is 1. The molecule has 6 heteroatoms. The molecule has 2 aromatic rings. The first-order valence-corrected chi connectivity index (χ1v) is 8.39. The number of methoxy groups -OCH3 is 1. The number of rotatable bonds is 5. The summed E-state index contributed by atoms with van der Waals surface area (Å²) in [4.78, 5) is 16.7. The minimum absolute atomic E-state index is 0.150. The maximum atomic E-state index is 12.5. The second-order valence-corrected chi connectivity index (χ2v) is 6.45. The Labute approximate surface area is 147 Å². The standard InChI is InChI=1S/C19H23N3O3/c1-13-4-3-11-19(13,20)18(23)22-14-5-10-17(21-12-14)25-16-8-6-15(24-2)7-9-16/h5-10,12-13H,3-4,11,20H2,1-2H3,(H,22,23). The van der Waals surface area contributed by atoms with Crippen LogP contribution >= 0.6 is 0 Å². The van der Waals surface area contributed by atoms with Crippen LogP contribution in [0, 0.1) is 5.92 Å². The summed E-state index contributed by atoms with van der Waals surface area (Å²) in [5, 5.41) is 2.86. The molecule has 1 amide bonds. The summed E-state index contributed by atoms with van der Waals surface area (Å²) in [5.41, 5.74) is 6.10. The SMILES string of the molecule is COc1ccc(Oc2ccc(NC(=O)C3(N)CCCC3C)cn2)cc1. The van der Waals surface area contributed by atoms with Gasteiger partial charge in [0, 0.05) is 6.07 Å². The molecule has 0 bridgehead atoms. The van der Waals surface area contributed by atoms with Crippen LogP contribution in [-0.2, 0) is 4.79 Å². The number of anilines is 1. The molecule has 1 fully saturated rings. The third kappa shape index (κ3) is 3.74. The van der Waals surface area contributed by atoms with Gasteiger partial charge in [-0.15, -0.1) is 0 Å². The number of carbonyl (C=O) groups is 1. The fraction of sp³-hybridized carbons (Fsp3) is 0.368. The van der Waals surface area contributed by atoms with Crippen LogP contribution in [0.15, 0.2) is 42.6 Å². The minimum atomic E-state index is -0.793. The van der Waals surface area contributed by atoms with Crippen molar-refractivity contribution in [2.45, 2.75) is 31.7 Å². The van der Waals surface area contributed by atoms with Gasteiger partial charge in [-0.1, -0.05) is 13.3 Å². The highest BCUT2D eigenvalue weighted by atomic mass is 16.5. The average molecular weight is 341 g/mol. The number of carbonyl (C=O) groups excluding carboxylic acids is 1. The first-order valence-electron chi connectivity index (χ1n) is 8.39. The summed E-state index contributed by atoms with van der Waals surface area (Å²) < 4.78 is 10.8. The number of hydrogen-bond donors (Lipinski definition) is 2. The molecule has 1 aromatic heterocycles. The topological polar surface area (TPSA) is 86.5 Å². The Hall–Kier alpha value is -2.60. The molecule has 2 atom stereocenters. The van der Waals surface area contributed by atoms with Crippen LogP contribution in [-0.4, -0.2) is 23.5 Å². The molecule has 1 heterocycles. The first kappa shape index (κ1) is 17.2. The Morgan fingerprint density at radius 1 is 1.24 bits per heavy atom. The summed E-state index contributed by atoms with van der Waals surface area (Å²) in [6, 6.07) is 10.7. The Kier molecular flexibility index (Phi) is 4.90. The maximum absolute atomic E-state index is 12.5. The van der Waals surface area contributed by atoms with Crippen molar-refractivity contribution in [2.24, 2.45) is 11.7 Å². The number of amides is 1. The Morgan fingerprint density at radius 3 is 2.52 bits per heavy atom. The fourth-order valence-corrected chi connectivity index (χ4v) is 3.07. The summed E-state index contributed by atoms with van der Waals surface area (Å²) >= 11 is 0. The number of nitrogens with zero attached hydrogens (tertiary/aromatic N) is 1. The number of nitrogens with two attached hydrogens (primary N) is 1. The van der Waals surface area contributed by atoms with Gasteiger partial charge in [-0.2, -0.15) is 0 Å². The predicted molar refractivity (Wildman–Crippen MR) is 95.9 cm³/mol. The number of aromatic nitrogens is 1. The lowest BCUT2D eigenvalue weighted by atomic mass is 9.88. The highest BCUT2D eigenvalue weighted by Gasteiger charge is 2.43. The molecule has 2 unspecified atom stereocenters. The quantitative estimate of drug-likeness (QED) is 0.871. The lowest BCUT2D eigenvalue weighted by Gasteiger charge is -2.27. The summed E-state index contributed by atoms with van der Waals surface area (Å²) in [6.07, 6.45) is 4.25. The number of nitrogens with one attached hydrogen (secondary N) is 1. The third-order valence-corrected chi connectivity index (χ3v) is 4.81. The lowest BCUT2D eigenvalue weighted by Crippen LogP contribution is -2.53. The van der Waals surface area contributed by atoms with Crippen molar-refractivity contribution in [1.29, 1.82) is 0 Å². The molecule has 0 spiro atoms. The molecule has 0 saturated heterocycles. The van der Waals surface area contributed by atoms with Crippen LogP contribution in [0.1, 0.15) is 26.2 Å². The summed E-state index contributed by atoms with van der Waals surface area (Å²) in [6.45, 7) is 2.02. The van der Waals surface area contributed by atoms with Gasteiger partial charge in [-0.25, -0.2) is 4.98 Å². The minimum Gasteiger partial charge on any atom is -0.497 e. The van der Waals surface area contributed by atoms with Gasteiger partial charge in [0.2, 0.25) is 11.8 Å². The third-order valence-electron chi connectivity index (χ3n) is 4.81. The molecular weight excluding hydrogens is 318 g/mol. The summed E-state index contributed by atoms with van der Waals surface area (Å²) in [5.74, 6) is 1.89. The highest BCUT2D eigenvalue weighted by molar-refractivity contribution is 5.98. The molecule has 0 radical (unpaired) electrons. The molecule has 0 aliphatic heterocycles. The van der Waals surface area contributed by atoms with Crippen LogP contribution < -0.4 is 20.5 Å². The molecule has 3 N–H and O–H groups in total. The van der Waals surface area contributed by atoms with Crippen molar-refractivity contribution in [3.8, 4) is 17.4 Å². The molecule has 3 rings (SSSR count). The normalized spacial score (nSPS) is 22.4. The van der Waals surface area contributed by atoms with E-state index in [-0.39, 0.29) is 11.8 Å². The van der Waals surface area contributed by atoms with Crippen molar-refractivity contribution >= 4 is 11.6 Å². The van der Waals surface area contributed by atoms with E-state index in [1.807, 2.05) is 19.1 Å². The van der Waals surface area contributed by atoms with Crippen LogP contribution in [0.2, 0.25) is 0 Å². The molecule has 25 heavy (non-hydrogen) atoms. The van der Waals surface area contributed by atoms with E-state index in [2.05, 4.69) is 10.3 Å². The van der Waals surface area contributed by atoms with Gasteiger partial charge in [0.1, 0.15) is 11.5 Å². The molecule has 1 aliphatic carbocycles. The van der Waals surface area contributed by atoms with E-state index in [0.29, 0.717) is 23.7 Å². The van der Waals surface area contributed by atoms with Gasteiger partial charge < -0.3 is 20.5 Å². The van der Waals surface area contributed by atoms with Gasteiger partial charge in [0.05, 0.1) is 24.5 Å². The largest absolute Gasteiger partial charge is 0.497 e. The van der Waals surface area contributed by atoms with Crippen LogP contribution in [0.25, 0.3) is 0 Å². The van der Waals surface area contributed by atoms with E-state index in [4.69, 9.17) is 15.2 Å². The van der Waals surface area contributed by atoms with Crippen LogP contribution in [0.5, 0.6) is 17.4 Å². The van der Waals surface area contributed by atoms with Gasteiger partial charge in [-0.05, 0) is 49.1 Å². The van der Waals surface area contributed by atoms with Crippen molar-refractivity contribution in [2.75, 3.05) is 12.4 Å².